The van der Waals surface area contributed by atoms with E-state index < -0.39 is 0 Å². The molecule has 0 spiro atoms. The maximum absolute atomic E-state index is 12.9. The Hall–Kier alpha value is -1.09. The van der Waals surface area contributed by atoms with Crippen LogP contribution >= 0.6 is 0 Å². The average Bonchev–Trinajstić information content (AvgIpc) is 2.36. The van der Waals surface area contributed by atoms with Crippen LogP contribution in [0.1, 0.15) is 38.5 Å². The number of nitrogens with one attached hydrogen (secondary N) is 1. The van der Waals surface area contributed by atoms with Crippen LogP contribution in [0.3, 0.4) is 0 Å². The first-order valence-electron chi connectivity index (χ1n) is 6.89. The van der Waals surface area contributed by atoms with Crippen molar-refractivity contribution in [1.29, 1.82) is 0 Å². The number of hydrogen-bond acceptors (Lipinski definition) is 2. The quantitative estimate of drug-likeness (QED) is 0.887. The van der Waals surface area contributed by atoms with Gasteiger partial charge in [-0.05, 0) is 50.6 Å². The summed E-state index contributed by atoms with van der Waals surface area (Å²) in [5.74, 6) is 0.549. The maximum atomic E-state index is 12.9. The predicted molar refractivity (Wildman–Crippen MR) is 71.4 cm³/mol. The van der Waals surface area contributed by atoms with E-state index in [4.69, 9.17) is 4.74 Å². The minimum absolute atomic E-state index is 0.195. The first-order chi connectivity index (χ1) is 8.79. The van der Waals surface area contributed by atoms with Crippen molar-refractivity contribution in [3.8, 4) is 5.75 Å². The van der Waals surface area contributed by atoms with Crippen LogP contribution in [0.5, 0.6) is 5.75 Å². The molecule has 0 aliphatic heterocycles. The summed E-state index contributed by atoms with van der Waals surface area (Å²) < 4.78 is 18.9. The molecule has 1 saturated carbocycles. The Morgan fingerprint density at radius 3 is 2.39 bits per heavy atom. The lowest BCUT2D eigenvalue weighted by atomic mass is 9.94. The fraction of sp³-hybridized carbons (Fsp3) is 0.600. The van der Waals surface area contributed by atoms with Gasteiger partial charge in [0.1, 0.15) is 17.7 Å². The molecule has 0 bridgehead atoms. The van der Waals surface area contributed by atoms with E-state index in [0.717, 1.165) is 18.6 Å². The Morgan fingerprint density at radius 2 is 1.72 bits per heavy atom. The van der Waals surface area contributed by atoms with Crippen LogP contribution < -0.4 is 10.1 Å². The zero-order chi connectivity index (χ0) is 12.8. The highest BCUT2D eigenvalue weighted by atomic mass is 19.1. The number of likely N-dealkylation sites (N-methyl/N-ethyl adjacent to an activating group) is 1. The lowest BCUT2D eigenvalue weighted by molar-refractivity contribution is 0.131. The van der Waals surface area contributed by atoms with Crippen molar-refractivity contribution in [2.75, 3.05) is 7.05 Å². The van der Waals surface area contributed by atoms with E-state index in [-0.39, 0.29) is 11.9 Å². The molecule has 2 rings (SSSR count). The molecule has 2 atom stereocenters. The van der Waals surface area contributed by atoms with Crippen molar-refractivity contribution in [1.82, 2.24) is 5.32 Å². The predicted octanol–water partition coefficient (Wildman–Crippen LogP) is 3.52. The third-order valence-electron chi connectivity index (χ3n) is 3.67. The van der Waals surface area contributed by atoms with Gasteiger partial charge in [0.25, 0.3) is 0 Å². The molecule has 0 amide bonds. The Morgan fingerprint density at radius 1 is 1.06 bits per heavy atom. The minimum atomic E-state index is -0.217. The van der Waals surface area contributed by atoms with Gasteiger partial charge >= 0.3 is 0 Å². The van der Waals surface area contributed by atoms with Crippen molar-refractivity contribution in [2.45, 2.75) is 50.7 Å². The van der Waals surface area contributed by atoms with Gasteiger partial charge in [0.15, 0.2) is 0 Å². The first kappa shape index (κ1) is 13.3. The molecule has 100 valence electrons. The zero-order valence-electron chi connectivity index (χ0n) is 11.0. The van der Waals surface area contributed by atoms with E-state index >= 15 is 0 Å². The van der Waals surface area contributed by atoms with Crippen LogP contribution in [0.2, 0.25) is 0 Å². The molecule has 1 fully saturated rings. The van der Waals surface area contributed by atoms with Gasteiger partial charge in [-0.3, -0.25) is 0 Å². The standard InChI is InChI=1S/C15H22FNO/c1-17-14-6-4-2-3-5-7-15(14)18-13-10-8-12(16)9-11-13/h8-11,14-15,17H,2-7H2,1H3. The molecule has 1 aliphatic carbocycles. The molecule has 0 saturated heterocycles. The lowest BCUT2D eigenvalue weighted by Gasteiger charge is -2.29. The molecule has 2 unspecified atom stereocenters. The summed E-state index contributed by atoms with van der Waals surface area (Å²) >= 11 is 0. The molecule has 1 N–H and O–H groups in total. The van der Waals surface area contributed by atoms with Crippen LogP contribution in [0.4, 0.5) is 4.39 Å². The van der Waals surface area contributed by atoms with Gasteiger partial charge in [-0.25, -0.2) is 4.39 Å². The van der Waals surface area contributed by atoms with Gasteiger partial charge in [-0.1, -0.05) is 19.3 Å². The molecule has 3 heteroatoms. The highest BCUT2D eigenvalue weighted by molar-refractivity contribution is 5.22. The second kappa shape index (κ2) is 6.74. The Bertz CT molecular complexity index is 352. The molecular weight excluding hydrogens is 229 g/mol. The Labute approximate surface area is 109 Å². The maximum Gasteiger partial charge on any atom is 0.123 e. The summed E-state index contributed by atoms with van der Waals surface area (Å²) in [5, 5.41) is 3.35. The Balaban J connectivity index is 2.00. The molecule has 2 nitrogen and oxygen atoms in total. The number of halogens is 1. The SMILES string of the molecule is CNC1CCCCCCC1Oc1ccc(F)cc1. The molecule has 1 aromatic carbocycles. The number of hydrogen-bond donors (Lipinski definition) is 1. The van der Waals surface area contributed by atoms with Gasteiger partial charge in [-0.15, -0.1) is 0 Å². The molecule has 0 heterocycles. The van der Waals surface area contributed by atoms with Gasteiger partial charge in [0.2, 0.25) is 0 Å². The second-order valence-electron chi connectivity index (χ2n) is 5.00. The van der Waals surface area contributed by atoms with Crippen molar-refractivity contribution in [3.63, 3.8) is 0 Å². The van der Waals surface area contributed by atoms with Crippen LogP contribution in [0, 0.1) is 5.82 Å². The summed E-state index contributed by atoms with van der Waals surface area (Å²) in [5.41, 5.74) is 0. The minimum Gasteiger partial charge on any atom is -0.489 e. The van der Waals surface area contributed by atoms with E-state index in [1.807, 2.05) is 7.05 Å². The van der Waals surface area contributed by atoms with E-state index in [2.05, 4.69) is 5.32 Å². The van der Waals surface area contributed by atoms with Gasteiger partial charge in [0.05, 0.1) is 0 Å². The molecule has 18 heavy (non-hydrogen) atoms. The fourth-order valence-corrected chi connectivity index (χ4v) is 2.61. The normalized spacial score (nSPS) is 25.2. The second-order valence-corrected chi connectivity index (χ2v) is 5.00. The van der Waals surface area contributed by atoms with Crippen molar-refractivity contribution in [3.05, 3.63) is 30.1 Å². The first-order valence-corrected chi connectivity index (χ1v) is 6.89. The third-order valence-corrected chi connectivity index (χ3v) is 3.67. The van der Waals surface area contributed by atoms with E-state index in [9.17, 15) is 4.39 Å². The number of ether oxygens (including phenoxy) is 1. The number of rotatable bonds is 3. The van der Waals surface area contributed by atoms with Crippen molar-refractivity contribution < 1.29 is 9.13 Å². The molecule has 0 radical (unpaired) electrons. The van der Waals surface area contributed by atoms with Gasteiger partial charge in [-0.2, -0.15) is 0 Å². The molecule has 1 aromatic rings. The smallest absolute Gasteiger partial charge is 0.123 e. The Kier molecular flexibility index (Phi) is 5.00. The fourth-order valence-electron chi connectivity index (χ4n) is 2.61. The van der Waals surface area contributed by atoms with E-state index in [1.165, 1.54) is 37.8 Å². The van der Waals surface area contributed by atoms with Crippen LogP contribution in [0.15, 0.2) is 24.3 Å². The largest absolute Gasteiger partial charge is 0.489 e. The zero-order valence-corrected chi connectivity index (χ0v) is 11.0. The monoisotopic (exact) mass is 251 g/mol. The van der Waals surface area contributed by atoms with E-state index in [0.29, 0.717) is 6.04 Å². The topological polar surface area (TPSA) is 21.3 Å². The molecule has 1 aliphatic rings. The summed E-state index contributed by atoms with van der Waals surface area (Å²) in [6, 6.07) is 6.72. The highest BCUT2D eigenvalue weighted by Gasteiger charge is 2.22. The summed E-state index contributed by atoms with van der Waals surface area (Å²) in [6.45, 7) is 0. The van der Waals surface area contributed by atoms with Gasteiger partial charge in [0, 0.05) is 6.04 Å². The summed E-state index contributed by atoms with van der Waals surface area (Å²) in [7, 11) is 1.99. The lowest BCUT2D eigenvalue weighted by Crippen LogP contribution is -2.41. The van der Waals surface area contributed by atoms with Crippen LogP contribution in [-0.2, 0) is 0 Å². The van der Waals surface area contributed by atoms with E-state index in [1.54, 1.807) is 12.1 Å². The average molecular weight is 251 g/mol. The molecule has 0 aromatic heterocycles. The van der Waals surface area contributed by atoms with Crippen LogP contribution in [-0.4, -0.2) is 19.2 Å². The van der Waals surface area contributed by atoms with Crippen LogP contribution in [0.25, 0.3) is 0 Å². The third kappa shape index (κ3) is 3.70. The van der Waals surface area contributed by atoms with Gasteiger partial charge < -0.3 is 10.1 Å². The van der Waals surface area contributed by atoms with Crippen molar-refractivity contribution in [2.24, 2.45) is 0 Å². The highest BCUT2D eigenvalue weighted by Crippen LogP contribution is 2.23. The summed E-state index contributed by atoms with van der Waals surface area (Å²) in [4.78, 5) is 0. The number of benzene rings is 1. The van der Waals surface area contributed by atoms with Crippen molar-refractivity contribution >= 4 is 0 Å². The summed E-state index contributed by atoms with van der Waals surface area (Å²) in [6.07, 6.45) is 7.51. The molecular formula is C15H22FNO.